The summed E-state index contributed by atoms with van der Waals surface area (Å²) in [5, 5.41) is 4.06. The smallest absolute Gasteiger partial charge is 0.247 e. The fourth-order valence-electron chi connectivity index (χ4n) is 3.32. The summed E-state index contributed by atoms with van der Waals surface area (Å²) in [5.41, 5.74) is 5.96. The molecule has 116 valence electrons. The topological polar surface area (TPSA) is 80.3 Å². The predicted molar refractivity (Wildman–Crippen MR) is 78.5 cm³/mol. The molecule has 7 nitrogen and oxygen atoms in total. The van der Waals surface area contributed by atoms with E-state index in [2.05, 4.69) is 15.0 Å². The van der Waals surface area contributed by atoms with Crippen LogP contribution in [0.4, 0.5) is 0 Å². The maximum Gasteiger partial charge on any atom is 0.247 e. The number of nitrogens with zero attached hydrogens (tertiary/aromatic N) is 5. The Hall–Kier alpha value is -1.47. The monoisotopic (exact) mass is 292 g/mol. The highest BCUT2D eigenvalue weighted by atomic mass is 16.2. The van der Waals surface area contributed by atoms with Gasteiger partial charge in [0.2, 0.25) is 5.91 Å². The first kappa shape index (κ1) is 14.5. The predicted octanol–water partition coefficient (Wildman–Crippen LogP) is -0.137. The molecular formula is C14H24N6O. The number of aromatic nitrogens is 3. The van der Waals surface area contributed by atoms with Crippen LogP contribution in [0.25, 0.3) is 0 Å². The summed E-state index contributed by atoms with van der Waals surface area (Å²) in [4.78, 5) is 20.9. The third-order valence-electron chi connectivity index (χ3n) is 4.76. The van der Waals surface area contributed by atoms with Gasteiger partial charge in [0.1, 0.15) is 18.7 Å². The summed E-state index contributed by atoms with van der Waals surface area (Å²) < 4.78 is 1.62. The van der Waals surface area contributed by atoms with Crippen molar-refractivity contribution in [1.82, 2.24) is 24.6 Å². The van der Waals surface area contributed by atoms with Gasteiger partial charge in [0.25, 0.3) is 0 Å². The number of amides is 1. The lowest BCUT2D eigenvalue weighted by molar-refractivity contribution is -0.133. The minimum atomic E-state index is -0.277. The molecule has 1 amide bonds. The van der Waals surface area contributed by atoms with E-state index in [0.29, 0.717) is 12.1 Å². The second kappa shape index (κ2) is 6.11. The average Bonchev–Trinajstić information content (AvgIpc) is 3.18. The summed E-state index contributed by atoms with van der Waals surface area (Å²) in [7, 11) is 0. The Labute approximate surface area is 125 Å². The molecular weight excluding hydrogens is 268 g/mol. The van der Waals surface area contributed by atoms with E-state index in [9.17, 15) is 4.79 Å². The molecule has 1 aromatic rings. The maximum absolute atomic E-state index is 12.5. The van der Waals surface area contributed by atoms with E-state index in [1.807, 2.05) is 11.8 Å². The quantitative estimate of drug-likeness (QED) is 0.839. The molecule has 0 spiro atoms. The molecule has 1 aromatic heterocycles. The number of hydrogen-bond donors (Lipinski definition) is 1. The van der Waals surface area contributed by atoms with Crippen LogP contribution in [0.5, 0.6) is 0 Å². The van der Waals surface area contributed by atoms with Crippen molar-refractivity contribution in [3.63, 3.8) is 0 Å². The Balaban J connectivity index is 1.55. The third-order valence-corrected chi connectivity index (χ3v) is 4.76. The molecule has 2 atom stereocenters. The van der Waals surface area contributed by atoms with Crippen LogP contribution in [-0.2, 0) is 4.79 Å². The number of rotatable bonds is 3. The lowest BCUT2D eigenvalue weighted by Gasteiger charge is -2.34. The van der Waals surface area contributed by atoms with E-state index in [4.69, 9.17) is 5.73 Å². The van der Waals surface area contributed by atoms with Gasteiger partial charge in [-0.15, -0.1) is 0 Å². The van der Waals surface area contributed by atoms with Gasteiger partial charge < -0.3 is 10.6 Å². The molecule has 0 radical (unpaired) electrons. The Morgan fingerprint density at radius 1 is 1.29 bits per heavy atom. The van der Waals surface area contributed by atoms with Crippen molar-refractivity contribution in [2.45, 2.75) is 44.3 Å². The van der Waals surface area contributed by atoms with Gasteiger partial charge in [-0.1, -0.05) is 0 Å². The van der Waals surface area contributed by atoms with Crippen molar-refractivity contribution >= 4 is 5.91 Å². The van der Waals surface area contributed by atoms with Gasteiger partial charge >= 0.3 is 0 Å². The van der Waals surface area contributed by atoms with Crippen LogP contribution in [0.1, 0.15) is 32.2 Å². The molecule has 0 aliphatic carbocycles. The minimum absolute atomic E-state index is 0.136. The second-order valence-corrected chi connectivity index (χ2v) is 6.15. The standard InChI is InChI=1S/C14H24N6O/c1-11(20-10-16-9-17-20)14(21)19-7-4-13(8-19)18-5-2-12(15)3-6-18/h9-13H,2-8,15H2,1H3. The van der Waals surface area contributed by atoms with Crippen molar-refractivity contribution in [2.24, 2.45) is 5.73 Å². The number of carbonyl (C=O) groups excluding carboxylic acids is 1. The number of hydrogen-bond acceptors (Lipinski definition) is 5. The first-order chi connectivity index (χ1) is 10.1. The van der Waals surface area contributed by atoms with E-state index in [1.54, 1.807) is 11.0 Å². The van der Waals surface area contributed by atoms with Crippen LogP contribution in [0.2, 0.25) is 0 Å². The Bertz CT molecular complexity index is 468. The van der Waals surface area contributed by atoms with Crippen LogP contribution < -0.4 is 5.73 Å². The second-order valence-electron chi connectivity index (χ2n) is 6.15. The molecule has 7 heteroatoms. The molecule has 21 heavy (non-hydrogen) atoms. The fraction of sp³-hybridized carbons (Fsp3) is 0.786. The first-order valence-electron chi connectivity index (χ1n) is 7.77. The molecule has 0 bridgehead atoms. The molecule has 3 rings (SSSR count). The molecule has 2 aliphatic heterocycles. The van der Waals surface area contributed by atoms with Gasteiger partial charge in [0.05, 0.1) is 0 Å². The van der Waals surface area contributed by atoms with Gasteiger partial charge in [-0.3, -0.25) is 9.69 Å². The molecule has 0 saturated carbocycles. The SMILES string of the molecule is CC(C(=O)N1CCC(N2CCC(N)CC2)C1)n1cncn1. The molecule has 3 heterocycles. The highest BCUT2D eigenvalue weighted by Gasteiger charge is 2.33. The van der Waals surface area contributed by atoms with E-state index in [-0.39, 0.29) is 11.9 Å². The van der Waals surface area contributed by atoms with Crippen molar-refractivity contribution in [1.29, 1.82) is 0 Å². The Morgan fingerprint density at radius 3 is 2.71 bits per heavy atom. The maximum atomic E-state index is 12.5. The highest BCUT2D eigenvalue weighted by Crippen LogP contribution is 2.22. The molecule has 2 N–H and O–H groups in total. The number of likely N-dealkylation sites (tertiary alicyclic amines) is 2. The molecule has 2 unspecified atom stereocenters. The van der Waals surface area contributed by atoms with Crippen LogP contribution in [0.15, 0.2) is 12.7 Å². The number of piperidine rings is 1. The summed E-state index contributed by atoms with van der Waals surface area (Å²) in [6.45, 7) is 5.67. The van der Waals surface area contributed by atoms with Crippen LogP contribution in [0, 0.1) is 0 Å². The summed E-state index contributed by atoms with van der Waals surface area (Å²) in [6, 6.07) is 0.568. The zero-order valence-corrected chi connectivity index (χ0v) is 12.6. The fourth-order valence-corrected chi connectivity index (χ4v) is 3.32. The van der Waals surface area contributed by atoms with Crippen molar-refractivity contribution < 1.29 is 4.79 Å². The van der Waals surface area contributed by atoms with Gasteiger partial charge in [-0.05, 0) is 39.3 Å². The van der Waals surface area contributed by atoms with Crippen LogP contribution >= 0.6 is 0 Å². The van der Waals surface area contributed by atoms with Gasteiger partial charge in [0.15, 0.2) is 0 Å². The zero-order valence-electron chi connectivity index (χ0n) is 12.6. The van der Waals surface area contributed by atoms with E-state index in [0.717, 1.165) is 45.4 Å². The highest BCUT2D eigenvalue weighted by molar-refractivity contribution is 5.80. The van der Waals surface area contributed by atoms with Crippen LogP contribution in [0.3, 0.4) is 0 Å². The third kappa shape index (κ3) is 3.08. The van der Waals surface area contributed by atoms with Gasteiger partial charge in [-0.2, -0.15) is 5.10 Å². The molecule has 2 aliphatic rings. The normalized spacial score (nSPS) is 26.2. The van der Waals surface area contributed by atoms with Crippen molar-refractivity contribution in [2.75, 3.05) is 26.2 Å². The van der Waals surface area contributed by atoms with Gasteiger partial charge in [0, 0.05) is 25.2 Å². The molecule has 2 saturated heterocycles. The number of carbonyl (C=O) groups is 1. The first-order valence-corrected chi connectivity index (χ1v) is 7.77. The van der Waals surface area contributed by atoms with Gasteiger partial charge in [-0.25, -0.2) is 9.67 Å². The lowest BCUT2D eigenvalue weighted by Crippen LogP contribution is -2.46. The van der Waals surface area contributed by atoms with E-state index >= 15 is 0 Å². The summed E-state index contributed by atoms with van der Waals surface area (Å²) in [5.74, 6) is 0.136. The van der Waals surface area contributed by atoms with E-state index in [1.165, 1.54) is 6.33 Å². The number of nitrogens with two attached hydrogens (primary N) is 1. The van der Waals surface area contributed by atoms with E-state index < -0.39 is 0 Å². The average molecular weight is 292 g/mol. The molecule has 2 fully saturated rings. The summed E-state index contributed by atoms with van der Waals surface area (Å²) >= 11 is 0. The van der Waals surface area contributed by atoms with Crippen LogP contribution in [-0.4, -0.2) is 68.7 Å². The minimum Gasteiger partial charge on any atom is -0.339 e. The Kier molecular flexibility index (Phi) is 4.21. The summed E-state index contributed by atoms with van der Waals surface area (Å²) in [6.07, 6.45) is 6.26. The lowest BCUT2D eigenvalue weighted by atomic mass is 10.0. The Morgan fingerprint density at radius 2 is 2.05 bits per heavy atom. The zero-order chi connectivity index (χ0) is 14.8. The largest absolute Gasteiger partial charge is 0.339 e. The molecule has 0 aromatic carbocycles. The van der Waals surface area contributed by atoms with Crippen molar-refractivity contribution in [3.05, 3.63) is 12.7 Å². The van der Waals surface area contributed by atoms with Crippen molar-refractivity contribution in [3.8, 4) is 0 Å².